The molecule has 0 aliphatic rings. The molecule has 0 aromatic rings. The fourth-order valence-electron chi connectivity index (χ4n) is 1.23. The van der Waals surface area contributed by atoms with Crippen LogP contribution < -0.4 is 5.32 Å². The van der Waals surface area contributed by atoms with Crippen molar-refractivity contribution in [3.05, 3.63) is 0 Å². The number of amides is 2. The smallest absolute Gasteiger partial charge is 0.326 e. The lowest BCUT2D eigenvalue weighted by atomic mass is 10.2. The van der Waals surface area contributed by atoms with Gasteiger partial charge in [0.1, 0.15) is 6.04 Å². The van der Waals surface area contributed by atoms with Crippen molar-refractivity contribution in [2.24, 2.45) is 5.92 Å². The minimum Gasteiger partial charge on any atom is -0.480 e. The molecular weight excluding hydrogens is 196 g/mol. The predicted molar refractivity (Wildman–Crippen MR) is 57.7 cm³/mol. The summed E-state index contributed by atoms with van der Waals surface area (Å²) < 4.78 is 0. The zero-order chi connectivity index (χ0) is 12.0. The van der Waals surface area contributed by atoms with Gasteiger partial charge in [0.25, 0.3) is 0 Å². The number of hydrogen-bond acceptors (Lipinski definition) is 2. The number of nitrogens with zero attached hydrogens (tertiary/aromatic N) is 1. The summed E-state index contributed by atoms with van der Waals surface area (Å²) in [6.07, 6.45) is 0.386. The minimum absolute atomic E-state index is 0.335. The second kappa shape index (κ2) is 6.27. The Hall–Kier alpha value is -1.26. The maximum absolute atomic E-state index is 11.5. The van der Waals surface area contributed by atoms with Crippen LogP contribution >= 0.6 is 0 Å². The van der Waals surface area contributed by atoms with E-state index < -0.39 is 12.0 Å². The van der Waals surface area contributed by atoms with Crippen LogP contribution in [0.15, 0.2) is 0 Å². The molecule has 5 heteroatoms. The van der Waals surface area contributed by atoms with Gasteiger partial charge in [0.15, 0.2) is 0 Å². The zero-order valence-corrected chi connectivity index (χ0v) is 9.78. The molecule has 2 amide bonds. The summed E-state index contributed by atoms with van der Waals surface area (Å²) in [6, 6.07) is -1.13. The van der Waals surface area contributed by atoms with Crippen molar-refractivity contribution >= 4 is 12.0 Å². The quantitative estimate of drug-likeness (QED) is 0.724. The van der Waals surface area contributed by atoms with E-state index in [0.717, 1.165) is 0 Å². The summed E-state index contributed by atoms with van der Waals surface area (Å²) in [6.45, 7) is 6.33. The molecule has 0 rings (SSSR count). The van der Waals surface area contributed by atoms with E-state index in [2.05, 4.69) is 5.32 Å². The molecule has 1 atom stereocenters. The van der Waals surface area contributed by atoms with Crippen LogP contribution in [0.4, 0.5) is 4.79 Å². The van der Waals surface area contributed by atoms with Gasteiger partial charge in [0, 0.05) is 13.6 Å². The lowest BCUT2D eigenvalue weighted by Crippen LogP contribution is -2.47. The Kier molecular flexibility index (Phi) is 5.74. The highest BCUT2D eigenvalue weighted by Crippen LogP contribution is 1.98. The number of carboxylic acids is 1. The van der Waals surface area contributed by atoms with Crippen LogP contribution in [-0.4, -0.2) is 41.6 Å². The molecule has 0 bridgehead atoms. The van der Waals surface area contributed by atoms with E-state index in [9.17, 15) is 9.59 Å². The third-order valence-electron chi connectivity index (χ3n) is 1.99. The molecule has 0 radical (unpaired) electrons. The molecule has 0 aliphatic heterocycles. The van der Waals surface area contributed by atoms with Gasteiger partial charge >= 0.3 is 12.0 Å². The van der Waals surface area contributed by atoms with Gasteiger partial charge in [-0.25, -0.2) is 9.59 Å². The van der Waals surface area contributed by atoms with E-state index in [1.165, 1.54) is 4.90 Å². The van der Waals surface area contributed by atoms with E-state index in [-0.39, 0.29) is 6.03 Å². The average molecular weight is 216 g/mol. The van der Waals surface area contributed by atoms with Crippen molar-refractivity contribution in [2.75, 3.05) is 13.6 Å². The standard InChI is InChI=1S/C10H20N2O3/c1-5-8(9(13)14)11-10(15)12(4)6-7(2)3/h7-8H,5-6H2,1-4H3,(H,11,15)(H,13,14)/t8-/m1/s1. The lowest BCUT2D eigenvalue weighted by molar-refractivity contribution is -0.139. The molecular formula is C10H20N2O3. The molecule has 5 nitrogen and oxygen atoms in total. The number of nitrogens with one attached hydrogen (secondary N) is 1. The van der Waals surface area contributed by atoms with E-state index in [1.54, 1.807) is 14.0 Å². The Morgan fingerprint density at radius 1 is 1.40 bits per heavy atom. The van der Waals surface area contributed by atoms with Gasteiger partial charge in [0.2, 0.25) is 0 Å². The highest BCUT2D eigenvalue weighted by Gasteiger charge is 2.19. The van der Waals surface area contributed by atoms with Crippen molar-refractivity contribution in [2.45, 2.75) is 33.2 Å². The highest BCUT2D eigenvalue weighted by atomic mass is 16.4. The Bertz CT molecular complexity index is 229. The van der Waals surface area contributed by atoms with Gasteiger partial charge in [-0.1, -0.05) is 20.8 Å². The molecule has 2 N–H and O–H groups in total. The van der Waals surface area contributed by atoms with Crippen molar-refractivity contribution in [1.29, 1.82) is 0 Å². The normalized spacial score (nSPS) is 12.3. The molecule has 0 saturated heterocycles. The van der Waals surface area contributed by atoms with Gasteiger partial charge in [0.05, 0.1) is 0 Å². The van der Waals surface area contributed by atoms with Crippen LogP contribution in [-0.2, 0) is 4.79 Å². The van der Waals surface area contributed by atoms with Crippen molar-refractivity contribution in [3.63, 3.8) is 0 Å². The lowest BCUT2D eigenvalue weighted by Gasteiger charge is -2.22. The number of rotatable bonds is 5. The van der Waals surface area contributed by atoms with Gasteiger partial charge in [-0.05, 0) is 12.3 Å². The molecule has 0 heterocycles. The first-order valence-electron chi connectivity index (χ1n) is 5.12. The molecule has 0 spiro atoms. The Morgan fingerprint density at radius 2 is 1.93 bits per heavy atom. The van der Waals surface area contributed by atoms with Crippen LogP contribution in [0, 0.1) is 5.92 Å². The molecule has 0 aromatic carbocycles. The first-order valence-corrected chi connectivity index (χ1v) is 5.12. The number of carbonyl (C=O) groups is 2. The Morgan fingerprint density at radius 3 is 2.27 bits per heavy atom. The molecule has 0 aliphatic carbocycles. The fraction of sp³-hybridized carbons (Fsp3) is 0.800. The van der Waals surface area contributed by atoms with Crippen LogP contribution in [0.5, 0.6) is 0 Å². The number of carbonyl (C=O) groups excluding carboxylic acids is 1. The minimum atomic E-state index is -0.996. The van der Waals surface area contributed by atoms with Crippen LogP contribution in [0.25, 0.3) is 0 Å². The van der Waals surface area contributed by atoms with Crippen molar-refractivity contribution < 1.29 is 14.7 Å². The average Bonchev–Trinajstić information content (AvgIpc) is 2.11. The van der Waals surface area contributed by atoms with E-state index in [1.807, 2.05) is 13.8 Å². The number of urea groups is 1. The van der Waals surface area contributed by atoms with Gasteiger partial charge in [-0.2, -0.15) is 0 Å². The number of carboxylic acid groups (broad SMARTS) is 1. The molecule has 0 fully saturated rings. The number of hydrogen-bond donors (Lipinski definition) is 2. The molecule has 15 heavy (non-hydrogen) atoms. The predicted octanol–water partition coefficient (Wildman–Crippen LogP) is 1.15. The van der Waals surface area contributed by atoms with Crippen LogP contribution in [0.3, 0.4) is 0 Å². The largest absolute Gasteiger partial charge is 0.480 e. The maximum atomic E-state index is 11.5. The molecule has 0 unspecified atom stereocenters. The molecule has 0 saturated carbocycles. The summed E-state index contributed by atoms with van der Waals surface area (Å²) in [5.41, 5.74) is 0. The van der Waals surface area contributed by atoms with E-state index >= 15 is 0 Å². The van der Waals surface area contributed by atoms with E-state index in [4.69, 9.17) is 5.11 Å². The second-order valence-corrected chi connectivity index (χ2v) is 4.02. The molecule has 0 aromatic heterocycles. The topological polar surface area (TPSA) is 69.6 Å². The van der Waals surface area contributed by atoms with E-state index in [0.29, 0.717) is 18.9 Å². The van der Waals surface area contributed by atoms with Crippen LogP contribution in [0.1, 0.15) is 27.2 Å². The van der Waals surface area contributed by atoms with Gasteiger partial charge < -0.3 is 15.3 Å². The zero-order valence-electron chi connectivity index (χ0n) is 9.78. The summed E-state index contributed by atoms with van der Waals surface area (Å²) in [7, 11) is 1.66. The van der Waals surface area contributed by atoms with Gasteiger partial charge in [-0.3, -0.25) is 0 Å². The van der Waals surface area contributed by atoms with Gasteiger partial charge in [-0.15, -0.1) is 0 Å². The maximum Gasteiger partial charge on any atom is 0.326 e. The monoisotopic (exact) mass is 216 g/mol. The summed E-state index contributed by atoms with van der Waals surface area (Å²) >= 11 is 0. The third kappa shape index (κ3) is 5.24. The fourth-order valence-corrected chi connectivity index (χ4v) is 1.23. The SMILES string of the molecule is CC[C@@H](NC(=O)N(C)CC(C)C)C(=O)O. The van der Waals surface area contributed by atoms with Crippen molar-refractivity contribution in [1.82, 2.24) is 10.2 Å². The first kappa shape index (κ1) is 13.7. The number of aliphatic carboxylic acids is 1. The second-order valence-electron chi connectivity index (χ2n) is 4.02. The van der Waals surface area contributed by atoms with Crippen LogP contribution in [0.2, 0.25) is 0 Å². The highest BCUT2D eigenvalue weighted by molar-refractivity contribution is 5.82. The summed E-state index contributed by atoms with van der Waals surface area (Å²) in [4.78, 5) is 23.7. The first-order chi connectivity index (χ1) is 6.88. The summed E-state index contributed by atoms with van der Waals surface area (Å²) in [5.74, 6) is -0.630. The Balaban J connectivity index is 4.16. The van der Waals surface area contributed by atoms with Crippen molar-refractivity contribution in [3.8, 4) is 0 Å². The summed E-state index contributed by atoms with van der Waals surface area (Å²) in [5, 5.41) is 11.2. The molecule has 88 valence electrons. The Labute approximate surface area is 90.5 Å². The third-order valence-corrected chi connectivity index (χ3v) is 1.99.